The van der Waals surface area contributed by atoms with Crippen molar-refractivity contribution in [1.29, 1.82) is 0 Å². The molecule has 21 heavy (non-hydrogen) atoms. The molecule has 2 aromatic rings. The molecule has 3 N–H and O–H groups in total. The molecule has 0 radical (unpaired) electrons. The summed E-state index contributed by atoms with van der Waals surface area (Å²) in [6, 6.07) is 14.8. The number of amidine groups is 1. The van der Waals surface area contributed by atoms with E-state index in [1.54, 1.807) is 18.2 Å². The van der Waals surface area contributed by atoms with E-state index in [9.17, 15) is 5.21 Å². The minimum Gasteiger partial charge on any atom is -0.321 e. The van der Waals surface area contributed by atoms with Crippen molar-refractivity contribution < 1.29 is 5.21 Å². The summed E-state index contributed by atoms with van der Waals surface area (Å²) in [4.78, 5) is 4.37. The van der Waals surface area contributed by atoms with E-state index < -0.39 is 0 Å². The summed E-state index contributed by atoms with van der Waals surface area (Å²) in [6.45, 7) is 0.104. The number of hydrogen-bond donors (Lipinski definition) is 2. The lowest BCUT2D eigenvalue weighted by Gasteiger charge is -2.18. The number of hydrazone groups is 1. The van der Waals surface area contributed by atoms with Gasteiger partial charge in [0.25, 0.3) is 0 Å². The van der Waals surface area contributed by atoms with Gasteiger partial charge < -0.3 is 5.84 Å². The maximum Gasteiger partial charge on any atom is 0.170 e. The van der Waals surface area contributed by atoms with Crippen molar-refractivity contribution in [2.24, 2.45) is 15.9 Å². The van der Waals surface area contributed by atoms with Crippen molar-refractivity contribution in [3.63, 3.8) is 0 Å². The maximum absolute atomic E-state index is 10.4. The molecule has 1 aliphatic heterocycles. The molecule has 0 spiro atoms. The molecule has 5 nitrogen and oxygen atoms in total. The van der Waals surface area contributed by atoms with Crippen LogP contribution in [0.1, 0.15) is 5.56 Å². The van der Waals surface area contributed by atoms with Crippen LogP contribution in [-0.2, 0) is 0 Å². The van der Waals surface area contributed by atoms with Crippen LogP contribution in [0.25, 0.3) is 5.70 Å². The molecule has 0 saturated carbocycles. The summed E-state index contributed by atoms with van der Waals surface area (Å²) in [5, 5.41) is 17.1. The molecule has 0 saturated heterocycles. The molecule has 3 rings (SSSR count). The highest BCUT2D eigenvalue weighted by Crippen LogP contribution is 2.15. The van der Waals surface area contributed by atoms with Gasteiger partial charge in [0.1, 0.15) is 6.54 Å². The van der Waals surface area contributed by atoms with E-state index in [2.05, 4.69) is 10.1 Å². The lowest BCUT2D eigenvalue weighted by atomic mass is 10.1. The van der Waals surface area contributed by atoms with Crippen molar-refractivity contribution in [1.82, 2.24) is 5.06 Å². The van der Waals surface area contributed by atoms with Crippen molar-refractivity contribution in [2.45, 2.75) is 0 Å². The van der Waals surface area contributed by atoms with Gasteiger partial charge >= 0.3 is 0 Å². The van der Waals surface area contributed by atoms with Crippen LogP contribution in [0, 0.1) is 0 Å². The molecular weight excluding hydrogens is 288 g/mol. The molecule has 2 aromatic carbocycles. The minimum absolute atomic E-state index is 0.104. The molecule has 0 fully saturated rings. The molecule has 0 atom stereocenters. The molecule has 0 amide bonds. The van der Waals surface area contributed by atoms with Gasteiger partial charge in [0, 0.05) is 15.8 Å². The highest BCUT2D eigenvalue weighted by atomic mass is 35.5. The molecule has 0 unspecified atom stereocenters. The van der Waals surface area contributed by atoms with E-state index in [1.165, 1.54) is 0 Å². The van der Waals surface area contributed by atoms with Crippen molar-refractivity contribution in [3.05, 3.63) is 69.7 Å². The Morgan fingerprint density at radius 2 is 1.95 bits per heavy atom. The molecular formula is C15H13ClN4O. The largest absolute Gasteiger partial charge is 0.321 e. The van der Waals surface area contributed by atoms with Gasteiger partial charge in [-0.2, -0.15) is 5.10 Å². The zero-order chi connectivity index (χ0) is 14.8. The van der Waals surface area contributed by atoms with Crippen LogP contribution < -0.4 is 16.4 Å². The second kappa shape index (κ2) is 5.55. The summed E-state index contributed by atoms with van der Waals surface area (Å²) in [5.74, 6) is 5.67. The number of benzene rings is 2. The zero-order valence-corrected chi connectivity index (χ0v) is 11.8. The van der Waals surface area contributed by atoms with Crippen LogP contribution >= 0.6 is 11.6 Å². The van der Waals surface area contributed by atoms with E-state index >= 15 is 0 Å². The summed E-state index contributed by atoms with van der Waals surface area (Å²) in [5.41, 5.74) is 1.48. The number of nitrogens with two attached hydrogens (primary N) is 1. The first-order valence-electron chi connectivity index (χ1n) is 6.36. The predicted octanol–water partition coefficient (Wildman–Crippen LogP) is 1.09. The van der Waals surface area contributed by atoms with E-state index in [-0.39, 0.29) is 6.54 Å². The molecule has 1 aliphatic rings. The van der Waals surface area contributed by atoms with Gasteiger partial charge in [-0.1, -0.05) is 41.9 Å². The topological polar surface area (TPSA) is 74.2 Å². The van der Waals surface area contributed by atoms with E-state index in [0.717, 1.165) is 15.8 Å². The van der Waals surface area contributed by atoms with E-state index in [0.29, 0.717) is 21.9 Å². The smallest absolute Gasteiger partial charge is 0.170 e. The van der Waals surface area contributed by atoms with Gasteiger partial charge in [-0.3, -0.25) is 5.21 Å². The van der Waals surface area contributed by atoms with Gasteiger partial charge in [-0.15, -0.1) is 0 Å². The molecule has 0 aliphatic carbocycles. The third-order valence-electron chi connectivity index (χ3n) is 3.21. The van der Waals surface area contributed by atoms with Crippen LogP contribution in [-0.4, -0.2) is 22.7 Å². The number of hydrogen-bond acceptors (Lipinski definition) is 4. The predicted molar refractivity (Wildman–Crippen MR) is 81.3 cm³/mol. The summed E-state index contributed by atoms with van der Waals surface area (Å²) < 4.78 is 0. The normalized spacial score (nSPS) is 16.4. The van der Waals surface area contributed by atoms with Crippen molar-refractivity contribution in [2.75, 3.05) is 6.54 Å². The van der Waals surface area contributed by atoms with Crippen LogP contribution in [0.2, 0.25) is 5.02 Å². The highest BCUT2D eigenvalue weighted by molar-refractivity contribution is 6.30. The van der Waals surface area contributed by atoms with Crippen LogP contribution in [0.3, 0.4) is 0 Å². The Morgan fingerprint density at radius 3 is 2.67 bits per heavy atom. The molecule has 6 heteroatoms. The van der Waals surface area contributed by atoms with Crippen LogP contribution in [0.5, 0.6) is 0 Å². The number of rotatable bonds is 1. The Kier molecular flexibility index (Phi) is 3.60. The fourth-order valence-corrected chi connectivity index (χ4v) is 2.46. The number of halogens is 1. The first-order valence-corrected chi connectivity index (χ1v) is 6.74. The second-order valence-corrected chi connectivity index (χ2v) is 5.03. The zero-order valence-electron chi connectivity index (χ0n) is 11.1. The van der Waals surface area contributed by atoms with Gasteiger partial charge in [0.15, 0.2) is 5.84 Å². The van der Waals surface area contributed by atoms with Crippen molar-refractivity contribution in [3.8, 4) is 0 Å². The number of fused-ring (bicyclic) bond motifs is 1. The Bertz CT molecular complexity index is 817. The minimum atomic E-state index is 0.104. The quantitative estimate of drug-likeness (QED) is 0.611. The summed E-state index contributed by atoms with van der Waals surface area (Å²) in [7, 11) is 0. The van der Waals surface area contributed by atoms with Gasteiger partial charge in [-0.05, 0) is 18.2 Å². The first kappa shape index (κ1) is 13.6. The average molecular weight is 301 g/mol. The summed E-state index contributed by atoms with van der Waals surface area (Å²) >= 11 is 6.09. The van der Waals surface area contributed by atoms with Crippen molar-refractivity contribution >= 4 is 23.1 Å². The standard InChI is InChI=1S/C15H13ClN4O/c16-11-6-7-13-12(8-11)15(10-4-2-1-3-5-10)20(21)9-14(18-13)19-17/h1-8,21H,9,17H2. The van der Waals surface area contributed by atoms with Gasteiger partial charge in [0.2, 0.25) is 0 Å². The van der Waals surface area contributed by atoms with Crippen LogP contribution in [0.15, 0.2) is 58.6 Å². The van der Waals surface area contributed by atoms with E-state index in [4.69, 9.17) is 17.4 Å². The van der Waals surface area contributed by atoms with Gasteiger partial charge in [0.05, 0.1) is 11.1 Å². The maximum atomic E-state index is 10.4. The lowest BCUT2D eigenvalue weighted by Crippen LogP contribution is -2.31. The first-order chi connectivity index (χ1) is 10.2. The Hall–Kier alpha value is -2.37. The molecule has 1 heterocycles. The second-order valence-electron chi connectivity index (χ2n) is 4.59. The third kappa shape index (κ3) is 2.61. The number of nitrogens with zero attached hydrogens (tertiary/aromatic N) is 3. The average Bonchev–Trinajstić information content (AvgIpc) is 2.63. The number of hydroxylamine groups is 2. The Labute approximate surface area is 126 Å². The molecule has 106 valence electrons. The van der Waals surface area contributed by atoms with E-state index in [1.807, 2.05) is 30.3 Å². The monoisotopic (exact) mass is 300 g/mol. The summed E-state index contributed by atoms with van der Waals surface area (Å²) in [6.07, 6.45) is 0. The van der Waals surface area contributed by atoms with Crippen LogP contribution in [0.4, 0.5) is 0 Å². The Morgan fingerprint density at radius 1 is 1.19 bits per heavy atom. The fraction of sp³-hybridized carbons (Fsp3) is 0.0667. The Balaban J connectivity index is 2.42. The fourth-order valence-electron chi connectivity index (χ4n) is 2.29. The third-order valence-corrected chi connectivity index (χ3v) is 3.44. The molecule has 0 bridgehead atoms. The van der Waals surface area contributed by atoms with Gasteiger partial charge in [-0.25, -0.2) is 10.1 Å². The molecule has 0 aromatic heterocycles. The lowest BCUT2D eigenvalue weighted by molar-refractivity contribution is -0.0120. The highest BCUT2D eigenvalue weighted by Gasteiger charge is 2.17. The SMILES string of the molecule is NN=C1CN(O)C(c2ccccc2)=c2cc(Cl)ccc2=N1.